The van der Waals surface area contributed by atoms with Gasteiger partial charge >= 0.3 is 0 Å². The first kappa shape index (κ1) is 20.4. The zero-order valence-corrected chi connectivity index (χ0v) is 17.2. The topological polar surface area (TPSA) is 76.4 Å². The van der Waals surface area contributed by atoms with E-state index in [1.807, 2.05) is 54.9 Å². The molecule has 0 spiro atoms. The van der Waals surface area contributed by atoms with Crippen molar-refractivity contribution in [2.75, 3.05) is 13.7 Å². The maximum atomic E-state index is 5.44. The third-order valence-corrected chi connectivity index (χ3v) is 4.74. The van der Waals surface area contributed by atoms with Gasteiger partial charge in [-0.2, -0.15) is 0 Å². The largest absolute Gasteiger partial charge is 0.496 e. The highest BCUT2D eigenvalue weighted by Gasteiger charge is 2.07. The second kappa shape index (κ2) is 10.3. The number of benzene rings is 2. The number of aromatic nitrogens is 3. The van der Waals surface area contributed by atoms with Gasteiger partial charge in [0.25, 0.3) is 0 Å². The van der Waals surface area contributed by atoms with Crippen molar-refractivity contribution in [2.45, 2.75) is 26.4 Å². The van der Waals surface area contributed by atoms with E-state index in [-0.39, 0.29) is 0 Å². The molecule has 0 fully saturated rings. The van der Waals surface area contributed by atoms with Crippen LogP contribution in [-0.2, 0) is 26.6 Å². The average molecular weight is 393 g/mol. The van der Waals surface area contributed by atoms with Crippen LogP contribution in [0.15, 0.2) is 59.6 Å². The summed E-state index contributed by atoms with van der Waals surface area (Å²) >= 11 is 0. The van der Waals surface area contributed by atoms with Crippen LogP contribution in [0.5, 0.6) is 5.75 Å². The lowest BCUT2D eigenvalue weighted by molar-refractivity contribution is 0.409. The summed E-state index contributed by atoms with van der Waals surface area (Å²) in [5.74, 6) is 3.39. The van der Waals surface area contributed by atoms with Gasteiger partial charge in [-0.3, -0.25) is 0 Å². The summed E-state index contributed by atoms with van der Waals surface area (Å²) in [5.41, 5.74) is 2.32. The fourth-order valence-electron chi connectivity index (χ4n) is 2.92. The Morgan fingerprint density at radius 2 is 1.79 bits per heavy atom. The number of hydrogen-bond acceptors (Lipinski definition) is 4. The molecule has 0 saturated heterocycles. The molecule has 7 heteroatoms. The van der Waals surface area contributed by atoms with Gasteiger partial charge in [0.05, 0.1) is 20.2 Å². The van der Waals surface area contributed by atoms with E-state index in [0.29, 0.717) is 13.1 Å². The normalized spacial score (nSPS) is 11.3. The maximum Gasteiger partial charge on any atom is 0.191 e. The fourth-order valence-corrected chi connectivity index (χ4v) is 2.92. The lowest BCUT2D eigenvalue weighted by atomic mass is 10.1. The number of rotatable bonds is 8. The van der Waals surface area contributed by atoms with Crippen LogP contribution in [0.25, 0.3) is 0 Å². The number of nitrogens with one attached hydrogen (secondary N) is 2. The zero-order valence-electron chi connectivity index (χ0n) is 17.2. The van der Waals surface area contributed by atoms with Crippen molar-refractivity contribution in [3.63, 3.8) is 0 Å². The lowest BCUT2D eigenvalue weighted by Gasteiger charge is -2.14. The SMILES string of the molecule is COc1ccccc1CCNC(=NCc1ccccc1)NCc1nnc(C)n1C. The van der Waals surface area contributed by atoms with E-state index in [2.05, 4.69) is 39.0 Å². The Labute approximate surface area is 171 Å². The first-order chi connectivity index (χ1) is 14.2. The first-order valence-electron chi connectivity index (χ1n) is 9.70. The van der Waals surface area contributed by atoms with Crippen LogP contribution in [0.4, 0.5) is 0 Å². The predicted molar refractivity (Wildman–Crippen MR) is 115 cm³/mol. The second-order valence-electron chi connectivity index (χ2n) is 6.72. The molecule has 0 unspecified atom stereocenters. The molecule has 0 bridgehead atoms. The Kier molecular flexibility index (Phi) is 7.22. The maximum absolute atomic E-state index is 5.44. The molecule has 2 N–H and O–H groups in total. The van der Waals surface area contributed by atoms with Gasteiger partial charge < -0.3 is 19.9 Å². The lowest BCUT2D eigenvalue weighted by Crippen LogP contribution is -2.38. The van der Waals surface area contributed by atoms with Crippen molar-refractivity contribution < 1.29 is 4.74 Å². The standard InChI is InChI=1S/C22H28N6O/c1-17-26-27-21(28(17)2)16-25-22(24-15-18-9-5-4-6-10-18)23-14-13-19-11-7-8-12-20(19)29-3/h4-12H,13-16H2,1-3H3,(H2,23,24,25). The van der Waals surface area contributed by atoms with Crippen molar-refractivity contribution in [1.82, 2.24) is 25.4 Å². The van der Waals surface area contributed by atoms with E-state index in [0.717, 1.165) is 47.5 Å². The highest BCUT2D eigenvalue weighted by atomic mass is 16.5. The van der Waals surface area contributed by atoms with Gasteiger partial charge in [-0.1, -0.05) is 48.5 Å². The van der Waals surface area contributed by atoms with Crippen LogP contribution in [0.2, 0.25) is 0 Å². The molecule has 3 aromatic rings. The molecule has 0 aliphatic heterocycles. The molecule has 3 rings (SSSR count). The average Bonchev–Trinajstić information content (AvgIpc) is 3.08. The molecule has 0 amide bonds. The van der Waals surface area contributed by atoms with E-state index in [4.69, 9.17) is 9.73 Å². The Balaban J connectivity index is 1.64. The summed E-state index contributed by atoms with van der Waals surface area (Å²) in [4.78, 5) is 4.73. The van der Waals surface area contributed by atoms with Gasteiger partial charge in [0, 0.05) is 13.6 Å². The van der Waals surface area contributed by atoms with Gasteiger partial charge in [-0.05, 0) is 30.5 Å². The molecule has 2 aromatic carbocycles. The van der Waals surface area contributed by atoms with Gasteiger partial charge in [0.1, 0.15) is 11.6 Å². The minimum Gasteiger partial charge on any atom is -0.496 e. The van der Waals surface area contributed by atoms with E-state index in [1.165, 1.54) is 0 Å². The summed E-state index contributed by atoms with van der Waals surface area (Å²) in [6.45, 7) is 3.82. The minimum atomic E-state index is 0.548. The highest BCUT2D eigenvalue weighted by molar-refractivity contribution is 5.79. The molecular formula is C22H28N6O. The number of nitrogens with zero attached hydrogens (tertiary/aromatic N) is 4. The van der Waals surface area contributed by atoms with Crippen LogP contribution < -0.4 is 15.4 Å². The fraction of sp³-hybridized carbons (Fsp3) is 0.318. The Morgan fingerprint density at radius 3 is 2.52 bits per heavy atom. The molecule has 0 radical (unpaired) electrons. The molecule has 29 heavy (non-hydrogen) atoms. The number of hydrogen-bond donors (Lipinski definition) is 2. The Morgan fingerprint density at radius 1 is 1.03 bits per heavy atom. The van der Waals surface area contributed by atoms with Crippen molar-refractivity contribution in [3.05, 3.63) is 77.4 Å². The molecule has 1 heterocycles. The van der Waals surface area contributed by atoms with Gasteiger partial charge in [0.15, 0.2) is 11.8 Å². The van der Waals surface area contributed by atoms with Crippen molar-refractivity contribution >= 4 is 5.96 Å². The molecular weight excluding hydrogens is 364 g/mol. The van der Waals surface area contributed by atoms with Gasteiger partial charge in [0.2, 0.25) is 0 Å². The summed E-state index contributed by atoms with van der Waals surface area (Å²) in [5, 5.41) is 15.1. The quantitative estimate of drug-likeness (QED) is 0.455. The van der Waals surface area contributed by atoms with Crippen LogP contribution >= 0.6 is 0 Å². The van der Waals surface area contributed by atoms with Gasteiger partial charge in [-0.25, -0.2) is 4.99 Å². The third kappa shape index (κ3) is 5.81. The number of aliphatic imine (C=N–C) groups is 1. The van der Waals surface area contributed by atoms with Crippen molar-refractivity contribution in [2.24, 2.45) is 12.0 Å². The second-order valence-corrected chi connectivity index (χ2v) is 6.72. The van der Waals surface area contributed by atoms with Crippen LogP contribution in [-0.4, -0.2) is 34.4 Å². The van der Waals surface area contributed by atoms with Crippen LogP contribution in [0.1, 0.15) is 22.8 Å². The summed E-state index contributed by atoms with van der Waals surface area (Å²) in [6.07, 6.45) is 0.832. The molecule has 0 atom stereocenters. The molecule has 1 aromatic heterocycles. The summed E-state index contributed by atoms with van der Waals surface area (Å²) < 4.78 is 7.41. The molecule has 152 valence electrons. The molecule has 7 nitrogen and oxygen atoms in total. The summed E-state index contributed by atoms with van der Waals surface area (Å²) in [6, 6.07) is 18.3. The molecule has 0 saturated carbocycles. The monoisotopic (exact) mass is 392 g/mol. The molecule has 0 aliphatic carbocycles. The van der Waals surface area contributed by atoms with E-state index >= 15 is 0 Å². The van der Waals surface area contributed by atoms with Gasteiger partial charge in [-0.15, -0.1) is 10.2 Å². The Hall–Kier alpha value is -3.35. The van der Waals surface area contributed by atoms with E-state index < -0.39 is 0 Å². The zero-order chi connectivity index (χ0) is 20.5. The smallest absolute Gasteiger partial charge is 0.191 e. The number of guanidine groups is 1. The number of para-hydroxylation sites is 1. The number of aryl methyl sites for hydroxylation is 1. The number of methoxy groups -OCH3 is 1. The number of ether oxygens (including phenoxy) is 1. The van der Waals surface area contributed by atoms with Crippen molar-refractivity contribution in [3.8, 4) is 5.75 Å². The third-order valence-electron chi connectivity index (χ3n) is 4.74. The highest BCUT2D eigenvalue weighted by Crippen LogP contribution is 2.17. The summed E-state index contributed by atoms with van der Waals surface area (Å²) in [7, 11) is 3.66. The predicted octanol–water partition coefficient (Wildman–Crippen LogP) is 2.61. The molecule has 0 aliphatic rings. The Bertz CT molecular complexity index is 935. The first-order valence-corrected chi connectivity index (χ1v) is 9.70. The van der Waals surface area contributed by atoms with Crippen LogP contribution in [0.3, 0.4) is 0 Å². The minimum absolute atomic E-state index is 0.548. The van der Waals surface area contributed by atoms with E-state index in [1.54, 1.807) is 7.11 Å². The van der Waals surface area contributed by atoms with E-state index in [9.17, 15) is 0 Å². The van der Waals surface area contributed by atoms with Crippen LogP contribution in [0, 0.1) is 6.92 Å². The van der Waals surface area contributed by atoms with Crippen molar-refractivity contribution in [1.29, 1.82) is 0 Å².